The fraction of sp³-hybridized carbons (Fsp3) is 0.500. The lowest BCUT2D eigenvalue weighted by Gasteiger charge is -2.19. The monoisotopic (exact) mass is 319 g/mol. The lowest BCUT2D eigenvalue weighted by atomic mass is 10.1. The summed E-state index contributed by atoms with van der Waals surface area (Å²) in [5.74, 6) is 0.245. The molecule has 5 heteroatoms. The SMILES string of the molecule is Cc1ccc(S(=O)(=O)NC(CBr)C(C)C)cc1. The van der Waals surface area contributed by atoms with Gasteiger partial charge in [-0.1, -0.05) is 47.5 Å². The first-order chi connectivity index (χ1) is 7.86. The molecule has 0 aromatic heterocycles. The van der Waals surface area contributed by atoms with Gasteiger partial charge in [0.15, 0.2) is 0 Å². The standard InChI is InChI=1S/C12H18BrNO2S/c1-9(2)12(8-13)14-17(15,16)11-6-4-10(3)5-7-11/h4-7,9,12,14H,8H2,1-3H3. The molecule has 0 spiro atoms. The fourth-order valence-corrected chi connectivity index (χ4v) is 3.84. The molecule has 1 rings (SSSR count). The molecular weight excluding hydrogens is 302 g/mol. The summed E-state index contributed by atoms with van der Waals surface area (Å²) in [6.45, 7) is 5.91. The van der Waals surface area contributed by atoms with Crippen LogP contribution in [0.3, 0.4) is 0 Å². The van der Waals surface area contributed by atoms with Crippen molar-refractivity contribution in [3.8, 4) is 0 Å². The Morgan fingerprint density at radius 1 is 1.24 bits per heavy atom. The second kappa shape index (κ2) is 5.98. The van der Waals surface area contributed by atoms with E-state index >= 15 is 0 Å². The molecule has 0 bridgehead atoms. The van der Waals surface area contributed by atoms with Crippen LogP contribution in [-0.2, 0) is 10.0 Å². The Morgan fingerprint density at radius 3 is 2.18 bits per heavy atom. The maximum absolute atomic E-state index is 12.1. The van der Waals surface area contributed by atoms with Gasteiger partial charge in [-0.2, -0.15) is 0 Å². The highest BCUT2D eigenvalue weighted by Gasteiger charge is 2.21. The van der Waals surface area contributed by atoms with Crippen molar-refractivity contribution in [2.45, 2.75) is 31.7 Å². The molecular formula is C12H18BrNO2S. The molecule has 0 fully saturated rings. The number of hydrogen-bond donors (Lipinski definition) is 1. The van der Waals surface area contributed by atoms with Crippen molar-refractivity contribution in [2.24, 2.45) is 5.92 Å². The number of aryl methyl sites for hydroxylation is 1. The maximum atomic E-state index is 12.1. The van der Waals surface area contributed by atoms with Crippen LogP contribution in [0, 0.1) is 12.8 Å². The van der Waals surface area contributed by atoms with E-state index in [0.717, 1.165) is 5.56 Å². The molecule has 1 unspecified atom stereocenters. The van der Waals surface area contributed by atoms with E-state index in [4.69, 9.17) is 0 Å². The third kappa shape index (κ3) is 4.08. The molecule has 0 saturated carbocycles. The second-order valence-electron chi connectivity index (χ2n) is 4.44. The summed E-state index contributed by atoms with van der Waals surface area (Å²) in [5.41, 5.74) is 1.05. The van der Waals surface area contributed by atoms with Gasteiger partial charge in [0.2, 0.25) is 10.0 Å². The van der Waals surface area contributed by atoms with Crippen LogP contribution in [0.15, 0.2) is 29.2 Å². The first kappa shape index (κ1) is 14.7. The highest BCUT2D eigenvalue weighted by molar-refractivity contribution is 9.09. The largest absolute Gasteiger partial charge is 0.240 e. The molecule has 96 valence electrons. The summed E-state index contributed by atoms with van der Waals surface area (Å²) in [6.07, 6.45) is 0. The van der Waals surface area contributed by atoms with Gasteiger partial charge in [0, 0.05) is 11.4 Å². The summed E-state index contributed by atoms with van der Waals surface area (Å²) < 4.78 is 26.9. The molecule has 0 saturated heterocycles. The van der Waals surface area contributed by atoms with E-state index in [-0.39, 0.29) is 12.0 Å². The van der Waals surface area contributed by atoms with E-state index < -0.39 is 10.0 Å². The van der Waals surface area contributed by atoms with Crippen molar-refractivity contribution < 1.29 is 8.42 Å². The third-order valence-corrected chi connectivity index (χ3v) is 4.81. The van der Waals surface area contributed by atoms with Crippen molar-refractivity contribution >= 4 is 26.0 Å². The van der Waals surface area contributed by atoms with Gasteiger partial charge in [0.1, 0.15) is 0 Å². The number of hydrogen-bond acceptors (Lipinski definition) is 2. The molecule has 17 heavy (non-hydrogen) atoms. The average molecular weight is 320 g/mol. The molecule has 1 atom stereocenters. The molecule has 0 radical (unpaired) electrons. The van der Waals surface area contributed by atoms with Gasteiger partial charge < -0.3 is 0 Å². The van der Waals surface area contributed by atoms with Gasteiger partial charge in [-0.05, 0) is 25.0 Å². The van der Waals surface area contributed by atoms with Crippen LogP contribution in [-0.4, -0.2) is 19.8 Å². The van der Waals surface area contributed by atoms with E-state index in [2.05, 4.69) is 20.7 Å². The van der Waals surface area contributed by atoms with Crippen LogP contribution in [0.1, 0.15) is 19.4 Å². The Kier molecular flexibility index (Phi) is 5.16. The van der Waals surface area contributed by atoms with E-state index in [0.29, 0.717) is 10.2 Å². The molecule has 0 aliphatic carbocycles. The van der Waals surface area contributed by atoms with Gasteiger partial charge in [0.05, 0.1) is 4.90 Å². The first-order valence-corrected chi connectivity index (χ1v) is 8.12. The van der Waals surface area contributed by atoms with Gasteiger partial charge in [-0.25, -0.2) is 13.1 Å². The Balaban J connectivity index is 2.92. The minimum atomic E-state index is -3.41. The van der Waals surface area contributed by atoms with Crippen LogP contribution in [0.5, 0.6) is 0 Å². The predicted octanol–water partition coefficient (Wildman–Crippen LogP) is 2.69. The van der Waals surface area contributed by atoms with Crippen LogP contribution in [0.25, 0.3) is 0 Å². The summed E-state index contributed by atoms with van der Waals surface area (Å²) in [7, 11) is -3.41. The van der Waals surface area contributed by atoms with Crippen molar-refractivity contribution in [1.29, 1.82) is 0 Å². The van der Waals surface area contributed by atoms with Crippen molar-refractivity contribution in [3.05, 3.63) is 29.8 Å². The van der Waals surface area contributed by atoms with E-state index in [9.17, 15) is 8.42 Å². The van der Waals surface area contributed by atoms with Crippen LogP contribution in [0.4, 0.5) is 0 Å². The van der Waals surface area contributed by atoms with Crippen molar-refractivity contribution in [1.82, 2.24) is 4.72 Å². The maximum Gasteiger partial charge on any atom is 0.240 e. The van der Waals surface area contributed by atoms with E-state index in [1.54, 1.807) is 24.3 Å². The summed E-state index contributed by atoms with van der Waals surface area (Å²) in [4.78, 5) is 0.315. The Bertz CT molecular complexity index is 454. The van der Waals surface area contributed by atoms with E-state index in [1.807, 2.05) is 20.8 Å². The topological polar surface area (TPSA) is 46.2 Å². The quantitative estimate of drug-likeness (QED) is 0.848. The fourth-order valence-electron chi connectivity index (χ4n) is 1.33. The number of sulfonamides is 1. The summed E-state index contributed by atoms with van der Waals surface area (Å²) >= 11 is 3.33. The number of benzene rings is 1. The normalized spacial score (nSPS) is 13.9. The molecule has 0 aliphatic heterocycles. The zero-order valence-corrected chi connectivity index (χ0v) is 12.7. The van der Waals surface area contributed by atoms with Gasteiger partial charge >= 0.3 is 0 Å². The van der Waals surface area contributed by atoms with Gasteiger partial charge in [-0.15, -0.1) is 0 Å². The van der Waals surface area contributed by atoms with Crippen LogP contribution >= 0.6 is 15.9 Å². The zero-order chi connectivity index (χ0) is 13.1. The van der Waals surface area contributed by atoms with Crippen molar-refractivity contribution in [2.75, 3.05) is 5.33 Å². The zero-order valence-electron chi connectivity index (χ0n) is 10.3. The van der Waals surface area contributed by atoms with Crippen LogP contribution in [0.2, 0.25) is 0 Å². The first-order valence-electron chi connectivity index (χ1n) is 5.52. The smallest absolute Gasteiger partial charge is 0.207 e. The number of rotatable bonds is 5. The molecule has 0 aliphatic rings. The van der Waals surface area contributed by atoms with E-state index in [1.165, 1.54) is 0 Å². The lowest BCUT2D eigenvalue weighted by Crippen LogP contribution is -2.39. The summed E-state index contributed by atoms with van der Waals surface area (Å²) in [6, 6.07) is 6.76. The Morgan fingerprint density at radius 2 is 1.76 bits per heavy atom. The molecule has 0 amide bonds. The van der Waals surface area contributed by atoms with Crippen molar-refractivity contribution in [3.63, 3.8) is 0 Å². The summed E-state index contributed by atoms with van der Waals surface area (Å²) in [5, 5.41) is 0.607. The van der Waals surface area contributed by atoms with Crippen LogP contribution < -0.4 is 4.72 Å². The second-order valence-corrected chi connectivity index (χ2v) is 6.80. The lowest BCUT2D eigenvalue weighted by molar-refractivity contribution is 0.484. The minimum absolute atomic E-state index is 0.0960. The number of halogens is 1. The molecule has 1 N–H and O–H groups in total. The van der Waals surface area contributed by atoms with Gasteiger partial charge in [0.25, 0.3) is 0 Å². The highest BCUT2D eigenvalue weighted by Crippen LogP contribution is 2.13. The molecule has 0 heterocycles. The molecule has 1 aromatic rings. The number of alkyl halides is 1. The average Bonchev–Trinajstić information content (AvgIpc) is 2.26. The minimum Gasteiger partial charge on any atom is -0.207 e. The highest BCUT2D eigenvalue weighted by atomic mass is 79.9. The number of nitrogens with one attached hydrogen (secondary N) is 1. The third-order valence-electron chi connectivity index (χ3n) is 2.61. The molecule has 1 aromatic carbocycles. The van der Waals surface area contributed by atoms with Gasteiger partial charge in [-0.3, -0.25) is 0 Å². The Labute approximate surface area is 112 Å². The molecule has 3 nitrogen and oxygen atoms in total. The predicted molar refractivity (Wildman–Crippen MR) is 73.9 cm³/mol. The Hall–Kier alpha value is -0.390.